The Bertz CT molecular complexity index is 1030. The van der Waals surface area contributed by atoms with E-state index in [9.17, 15) is 13.2 Å². The molecule has 1 unspecified atom stereocenters. The summed E-state index contributed by atoms with van der Waals surface area (Å²) in [5.41, 5.74) is 2.14. The highest BCUT2D eigenvalue weighted by Gasteiger charge is 2.38. The zero-order chi connectivity index (χ0) is 22.0. The Hall–Kier alpha value is -1.87. The number of hydrogen-bond acceptors (Lipinski definition) is 6. The second-order valence-corrected chi connectivity index (χ2v) is 11.8. The van der Waals surface area contributed by atoms with Gasteiger partial charge < -0.3 is 4.90 Å². The summed E-state index contributed by atoms with van der Waals surface area (Å²) in [6.45, 7) is 3.94. The fourth-order valence-corrected chi connectivity index (χ4v) is 7.27. The molecule has 1 saturated heterocycles. The molecule has 1 amide bonds. The van der Waals surface area contributed by atoms with E-state index in [0.29, 0.717) is 11.6 Å². The maximum absolute atomic E-state index is 13.4. The van der Waals surface area contributed by atoms with Crippen molar-refractivity contribution in [2.75, 3.05) is 17.3 Å². The molecule has 4 rings (SSSR count). The van der Waals surface area contributed by atoms with Crippen LogP contribution < -0.4 is 0 Å². The molecule has 0 spiro atoms. The van der Waals surface area contributed by atoms with Crippen LogP contribution in [0.1, 0.15) is 49.9 Å². The molecule has 2 heterocycles. The van der Waals surface area contributed by atoms with Crippen LogP contribution in [-0.2, 0) is 14.6 Å². The first-order valence-corrected chi connectivity index (χ1v) is 13.8. The molecule has 9 heteroatoms. The quantitative estimate of drug-likeness (QED) is 0.612. The number of aryl methyl sites for hydroxylation is 2. The summed E-state index contributed by atoms with van der Waals surface area (Å²) in [5.74, 6) is 1.29. The van der Waals surface area contributed by atoms with E-state index in [2.05, 4.69) is 10.2 Å². The highest BCUT2D eigenvalue weighted by Crippen LogP contribution is 2.30. The van der Waals surface area contributed by atoms with Crippen LogP contribution in [0.15, 0.2) is 29.4 Å². The first-order valence-electron chi connectivity index (χ1n) is 11.0. The molecule has 2 fully saturated rings. The summed E-state index contributed by atoms with van der Waals surface area (Å²) in [6, 6.07) is 8.08. The molecule has 1 aliphatic carbocycles. The van der Waals surface area contributed by atoms with Gasteiger partial charge in [-0.05, 0) is 45.2 Å². The average molecular weight is 463 g/mol. The topological polar surface area (TPSA) is 85.2 Å². The van der Waals surface area contributed by atoms with E-state index < -0.39 is 9.84 Å². The summed E-state index contributed by atoms with van der Waals surface area (Å²) in [5, 5.41) is 9.18. The van der Waals surface area contributed by atoms with E-state index in [0.717, 1.165) is 37.2 Å². The lowest BCUT2D eigenvalue weighted by Crippen LogP contribution is -2.49. The molecule has 7 nitrogen and oxygen atoms in total. The predicted molar refractivity (Wildman–Crippen MR) is 122 cm³/mol. The zero-order valence-corrected chi connectivity index (χ0v) is 19.8. The van der Waals surface area contributed by atoms with Crippen molar-refractivity contribution in [1.29, 1.82) is 0 Å². The first-order chi connectivity index (χ1) is 14.8. The van der Waals surface area contributed by atoms with Crippen LogP contribution in [0.4, 0.5) is 0 Å². The van der Waals surface area contributed by atoms with Crippen molar-refractivity contribution in [3.05, 3.63) is 35.7 Å². The molecule has 1 atom stereocenters. The highest BCUT2D eigenvalue weighted by atomic mass is 32.2. The number of thioether (sulfide) groups is 1. The van der Waals surface area contributed by atoms with Crippen LogP contribution in [0.5, 0.6) is 0 Å². The van der Waals surface area contributed by atoms with Crippen LogP contribution in [0, 0.1) is 13.8 Å². The van der Waals surface area contributed by atoms with Crippen LogP contribution in [0.25, 0.3) is 5.69 Å². The van der Waals surface area contributed by atoms with Crippen molar-refractivity contribution in [3.63, 3.8) is 0 Å². The van der Waals surface area contributed by atoms with E-state index in [1.807, 2.05) is 47.6 Å². The van der Waals surface area contributed by atoms with Gasteiger partial charge in [0.1, 0.15) is 5.82 Å². The maximum atomic E-state index is 13.4. The van der Waals surface area contributed by atoms with Crippen LogP contribution >= 0.6 is 11.8 Å². The number of rotatable bonds is 6. The van der Waals surface area contributed by atoms with Crippen molar-refractivity contribution in [3.8, 4) is 5.69 Å². The highest BCUT2D eigenvalue weighted by molar-refractivity contribution is 7.99. The lowest BCUT2D eigenvalue weighted by molar-refractivity contribution is -0.133. The standard InChI is InChI=1S/C22H30N4O3S2/c1-16-8-10-19(11-9-16)25-17(2)23-24-22(25)30-14-21(27)26(18-6-4-3-5-7-18)20-12-13-31(28,29)15-20/h8-11,18,20H,3-7,12-15H2,1-2H3. The largest absolute Gasteiger partial charge is 0.335 e. The van der Waals surface area contributed by atoms with Crippen LogP contribution in [-0.4, -0.2) is 63.3 Å². The smallest absolute Gasteiger partial charge is 0.233 e. The number of aromatic nitrogens is 3. The molecule has 1 saturated carbocycles. The zero-order valence-electron chi connectivity index (χ0n) is 18.2. The van der Waals surface area contributed by atoms with Crippen molar-refractivity contribution in [1.82, 2.24) is 19.7 Å². The lowest BCUT2D eigenvalue weighted by Gasteiger charge is -2.38. The third kappa shape index (κ3) is 5.14. The van der Waals surface area contributed by atoms with Gasteiger partial charge in [0, 0.05) is 17.8 Å². The van der Waals surface area contributed by atoms with E-state index in [4.69, 9.17) is 0 Å². The number of nitrogens with zero attached hydrogens (tertiary/aromatic N) is 4. The van der Waals surface area contributed by atoms with Gasteiger partial charge in [-0.3, -0.25) is 9.36 Å². The van der Waals surface area contributed by atoms with Gasteiger partial charge in [-0.1, -0.05) is 48.7 Å². The van der Waals surface area contributed by atoms with Gasteiger partial charge in [0.05, 0.1) is 17.3 Å². The van der Waals surface area contributed by atoms with Crippen LogP contribution in [0.3, 0.4) is 0 Å². The Balaban J connectivity index is 1.51. The number of sulfone groups is 1. The summed E-state index contributed by atoms with van der Waals surface area (Å²) in [4.78, 5) is 15.3. The van der Waals surface area contributed by atoms with Gasteiger partial charge in [0.15, 0.2) is 15.0 Å². The number of benzene rings is 1. The normalized spacial score (nSPS) is 21.3. The Morgan fingerprint density at radius 2 is 1.77 bits per heavy atom. The summed E-state index contributed by atoms with van der Waals surface area (Å²) < 4.78 is 26.1. The Morgan fingerprint density at radius 1 is 1.06 bits per heavy atom. The average Bonchev–Trinajstić information content (AvgIpc) is 3.29. The third-order valence-electron chi connectivity index (χ3n) is 6.27. The van der Waals surface area contributed by atoms with Gasteiger partial charge in [-0.15, -0.1) is 10.2 Å². The van der Waals surface area contributed by atoms with E-state index in [-0.39, 0.29) is 35.2 Å². The Morgan fingerprint density at radius 3 is 2.42 bits per heavy atom. The molecule has 168 valence electrons. The Kier molecular flexibility index (Phi) is 6.71. The fraction of sp³-hybridized carbons (Fsp3) is 0.591. The predicted octanol–water partition coefficient (Wildman–Crippen LogP) is 3.32. The van der Waals surface area contributed by atoms with Gasteiger partial charge >= 0.3 is 0 Å². The minimum atomic E-state index is -3.05. The van der Waals surface area contributed by atoms with Gasteiger partial charge in [0.2, 0.25) is 5.91 Å². The van der Waals surface area contributed by atoms with Gasteiger partial charge in [-0.25, -0.2) is 8.42 Å². The monoisotopic (exact) mass is 462 g/mol. The SMILES string of the molecule is Cc1ccc(-n2c(C)nnc2SCC(=O)N(C2CCCCC2)C2CCS(=O)(=O)C2)cc1. The molecule has 2 aliphatic rings. The van der Waals surface area contributed by atoms with E-state index in [1.54, 1.807) is 0 Å². The third-order valence-corrected chi connectivity index (χ3v) is 8.93. The molecular formula is C22H30N4O3S2. The molecule has 0 bridgehead atoms. The van der Waals surface area contributed by atoms with Crippen molar-refractivity contribution in [2.45, 2.75) is 69.6 Å². The molecule has 1 aromatic carbocycles. The number of hydrogen-bond donors (Lipinski definition) is 0. The van der Waals surface area contributed by atoms with Gasteiger partial charge in [0.25, 0.3) is 0 Å². The molecule has 0 radical (unpaired) electrons. The fourth-order valence-electron chi connectivity index (χ4n) is 4.69. The number of carbonyl (C=O) groups excluding carboxylic acids is 1. The molecule has 2 aromatic rings. The first kappa shape index (κ1) is 22.3. The number of amides is 1. The molecular weight excluding hydrogens is 432 g/mol. The Labute approximate surface area is 188 Å². The van der Waals surface area contributed by atoms with Crippen molar-refractivity contribution < 1.29 is 13.2 Å². The number of carbonyl (C=O) groups is 1. The minimum absolute atomic E-state index is 0.00936. The van der Waals surface area contributed by atoms with Crippen molar-refractivity contribution >= 4 is 27.5 Å². The molecule has 0 N–H and O–H groups in total. The summed E-state index contributed by atoms with van der Waals surface area (Å²) in [6.07, 6.45) is 5.87. The van der Waals surface area contributed by atoms with Crippen molar-refractivity contribution in [2.24, 2.45) is 0 Å². The van der Waals surface area contributed by atoms with E-state index in [1.165, 1.54) is 23.7 Å². The molecule has 1 aliphatic heterocycles. The summed E-state index contributed by atoms with van der Waals surface area (Å²) >= 11 is 1.37. The molecule has 1 aromatic heterocycles. The lowest BCUT2D eigenvalue weighted by atomic mass is 9.93. The minimum Gasteiger partial charge on any atom is -0.335 e. The second-order valence-electron chi connectivity index (χ2n) is 8.64. The van der Waals surface area contributed by atoms with E-state index >= 15 is 0 Å². The van der Waals surface area contributed by atoms with Crippen LogP contribution in [0.2, 0.25) is 0 Å². The van der Waals surface area contributed by atoms with Gasteiger partial charge in [-0.2, -0.15) is 0 Å². The molecule has 31 heavy (non-hydrogen) atoms. The maximum Gasteiger partial charge on any atom is 0.233 e. The summed E-state index contributed by atoms with van der Waals surface area (Å²) in [7, 11) is -3.05. The second kappa shape index (κ2) is 9.32.